The van der Waals surface area contributed by atoms with Crippen LogP contribution in [0.15, 0.2) is 53.9 Å². The van der Waals surface area contributed by atoms with Crippen LogP contribution in [0.4, 0.5) is 4.39 Å². The van der Waals surface area contributed by atoms with Gasteiger partial charge in [0.1, 0.15) is 22.3 Å². The van der Waals surface area contributed by atoms with Gasteiger partial charge < -0.3 is 10.1 Å². The molecule has 1 atom stereocenters. The number of hydrogen-bond acceptors (Lipinski definition) is 5. The van der Waals surface area contributed by atoms with Gasteiger partial charge in [0.25, 0.3) is 5.91 Å². The fraction of sp³-hybridized carbons (Fsp3) is 0.360. The van der Waals surface area contributed by atoms with E-state index in [0.717, 1.165) is 21.9 Å². The molecule has 5 nitrogen and oxygen atoms in total. The molecule has 1 aromatic heterocycles. The maximum atomic E-state index is 13.3. The molecule has 1 unspecified atom stereocenters. The smallest absolute Gasteiger partial charge is 0.270 e. The summed E-state index contributed by atoms with van der Waals surface area (Å²) in [5.41, 5.74) is 2.59. The molecular weight excluding hydrogens is 425 g/mol. The van der Waals surface area contributed by atoms with Crippen LogP contribution in [0.2, 0.25) is 0 Å². The van der Waals surface area contributed by atoms with E-state index < -0.39 is 0 Å². The second-order valence-corrected chi connectivity index (χ2v) is 9.19. The number of aromatic nitrogens is 1. The molecule has 0 aliphatic carbocycles. The summed E-state index contributed by atoms with van der Waals surface area (Å²) in [5, 5.41) is 5.67. The van der Waals surface area contributed by atoms with Crippen LogP contribution in [-0.2, 0) is 19.6 Å². The highest BCUT2D eigenvalue weighted by molar-refractivity contribution is 7.09. The first-order valence-corrected chi connectivity index (χ1v) is 11.6. The van der Waals surface area contributed by atoms with Crippen LogP contribution < -0.4 is 10.1 Å². The molecule has 32 heavy (non-hydrogen) atoms. The Labute approximate surface area is 193 Å². The number of hydrogen-bond donors (Lipinski definition) is 1. The summed E-state index contributed by atoms with van der Waals surface area (Å²) in [6.07, 6.45) is 0. The third kappa shape index (κ3) is 6.87. The summed E-state index contributed by atoms with van der Waals surface area (Å²) in [6.45, 7) is 8.05. The second-order valence-electron chi connectivity index (χ2n) is 8.25. The van der Waals surface area contributed by atoms with Crippen LogP contribution in [-0.4, -0.2) is 28.9 Å². The fourth-order valence-corrected chi connectivity index (χ4v) is 3.95. The van der Waals surface area contributed by atoms with Crippen LogP contribution in [0.3, 0.4) is 0 Å². The van der Waals surface area contributed by atoms with Gasteiger partial charge in [-0.05, 0) is 48.2 Å². The zero-order chi connectivity index (χ0) is 23.1. The molecular formula is C25H30FN3O2S. The number of carbonyl (C=O) groups is 1. The molecule has 3 rings (SSSR count). The van der Waals surface area contributed by atoms with Gasteiger partial charge in [-0.25, -0.2) is 9.37 Å². The third-order valence-electron chi connectivity index (χ3n) is 5.39. The van der Waals surface area contributed by atoms with Crippen molar-refractivity contribution in [1.29, 1.82) is 0 Å². The minimum absolute atomic E-state index is 0.0812. The number of benzene rings is 2. The Hall–Kier alpha value is -2.77. The van der Waals surface area contributed by atoms with E-state index in [0.29, 0.717) is 31.2 Å². The van der Waals surface area contributed by atoms with Crippen molar-refractivity contribution in [2.45, 2.75) is 46.4 Å². The largest absolute Gasteiger partial charge is 0.497 e. The summed E-state index contributed by atoms with van der Waals surface area (Å²) in [4.78, 5) is 19.3. The standard InChI is InChI=1S/C25H30FN3O2S/c1-17(2)18(3)27-25(30)23-16-32-24(28-23)15-29(13-19-5-9-21(26)10-6-19)14-20-7-11-22(31-4)12-8-20/h5-12,16-18H,13-15H2,1-4H3,(H,27,30). The zero-order valence-electron chi connectivity index (χ0n) is 19.0. The summed E-state index contributed by atoms with van der Waals surface area (Å²) < 4.78 is 18.6. The highest BCUT2D eigenvalue weighted by Gasteiger charge is 2.17. The lowest BCUT2D eigenvalue weighted by Gasteiger charge is -2.22. The van der Waals surface area contributed by atoms with E-state index in [1.165, 1.54) is 23.5 Å². The van der Waals surface area contributed by atoms with E-state index in [9.17, 15) is 9.18 Å². The Bertz CT molecular complexity index is 1000. The monoisotopic (exact) mass is 455 g/mol. The number of thiazole rings is 1. The molecule has 0 bridgehead atoms. The van der Waals surface area contributed by atoms with Crippen LogP contribution in [0.5, 0.6) is 5.75 Å². The quantitative estimate of drug-likeness (QED) is 0.453. The lowest BCUT2D eigenvalue weighted by molar-refractivity contribution is 0.0925. The van der Waals surface area contributed by atoms with Crippen molar-refractivity contribution in [2.75, 3.05) is 7.11 Å². The van der Waals surface area contributed by atoms with Gasteiger partial charge >= 0.3 is 0 Å². The molecule has 0 aliphatic rings. The average Bonchev–Trinajstić information content (AvgIpc) is 3.24. The first-order valence-electron chi connectivity index (χ1n) is 10.7. The molecule has 7 heteroatoms. The predicted octanol–water partition coefficient (Wildman–Crippen LogP) is 5.27. The lowest BCUT2D eigenvalue weighted by atomic mass is 10.1. The number of carbonyl (C=O) groups excluding carboxylic acids is 1. The fourth-order valence-electron chi connectivity index (χ4n) is 3.13. The predicted molar refractivity (Wildman–Crippen MR) is 126 cm³/mol. The summed E-state index contributed by atoms with van der Waals surface area (Å²) in [5.74, 6) is 0.772. The van der Waals surface area contributed by atoms with Gasteiger partial charge in [0.05, 0.1) is 13.7 Å². The highest BCUT2D eigenvalue weighted by atomic mass is 32.1. The Kier molecular flexibility index (Phi) is 8.36. The summed E-state index contributed by atoms with van der Waals surface area (Å²) in [7, 11) is 1.65. The van der Waals surface area contributed by atoms with Crippen LogP contribution in [0.25, 0.3) is 0 Å². The minimum Gasteiger partial charge on any atom is -0.497 e. The molecule has 1 heterocycles. The van der Waals surface area contributed by atoms with Gasteiger partial charge in [-0.3, -0.25) is 9.69 Å². The van der Waals surface area contributed by atoms with Gasteiger partial charge in [0.2, 0.25) is 0 Å². The maximum Gasteiger partial charge on any atom is 0.270 e. The van der Waals surface area contributed by atoms with Gasteiger partial charge in [-0.15, -0.1) is 11.3 Å². The van der Waals surface area contributed by atoms with Crippen molar-refractivity contribution < 1.29 is 13.9 Å². The molecule has 0 radical (unpaired) electrons. The number of halogens is 1. The molecule has 170 valence electrons. The van der Waals surface area contributed by atoms with Crippen molar-refractivity contribution in [2.24, 2.45) is 5.92 Å². The molecule has 1 amide bonds. The SMILES string of the molecule is COc1ccc(CN(Cc2ccc(F)cc2)Cc2nc(C(=O)NC(C)C(C)C)cs2)cc1. The molecule has 0 saturated heterocycles. The Morgan fingerprint density at radius 2 is 1.62 bits per heavy atom. The number of ether oxygens (including phenoxy) is 1. The number of nitrogens with zero attached hydrogens (tertiary/aromatic N) is 2. The molecule has 0 aliphatic heterocycles. The van der Waals surface area contributed by atoms with E-state index in [4.69, 9.17) is 4.74 Å². The van der Waals surface area contributed by atoms with Crippen molar-refractivity contribution in [1.82, 2.24) is 15.2 Å². The molecule has 0 spiro atoms. The number of nitrogens with one attached hydrogen (secondary N) is 1. The Morgan fingerprint density at radius 3 is 2.19 bits per heavy atom. The summed E-state index contributed by atoms with van der Waals surface area (Å²) >= 11 is 1.48. The van der Waals surface area contributed by atoms with E-state index in [2.05, 4.69) is 29.0 Å². The summed E-state index contributed by atoms with van der Waals surface area (Å²) in [6, 6.07) is 14.6. The van der Waals surface area contributed by atoms with Gasteiger partial charge in [-0.1, -0.05) is 38.1 Å². The molecule has 0 fully saturated rings. The van der Waals surface area contributed by atoms with Crippen LogP contribution in [0.1, 0.15) is 47.4 Å². The van der Waals surface area contributed by atoms with Gasteiger partial charge in [0, 0.05) is 24.5 Å². The number of amides is 1. The maximum absolute atomic E-state index is 13.3. The van der Waals surface area contributed by atoms with E-state index in [-0.39, 0.29) is 17.8 Å². The molecule has 2 aromatic carbocycles. The lowest BCUT2D eigenvalue weighted by Crippen LogP contribution is -2.36. The topological polar surface area (TPSA) is 54.5 Å². The normalized spacial score (nSPS) is 12.2. The third-order valence-corrected chi connectivity index (χ3v) is 6.22. The van der Waals surface area contributed by atoms with Crippen molar-refractivity contribution in [3.63, 3.8) is 0 Å². The van der Waals surface area contributed by atoms with Gasteiger partial charge in [-0.2, -0.15) is 0 Å². The number of rotatable bonds is 10. The van der Waals surface area contributed by atoms with E-state index in [1.807, 2.05) is 31.2 Å². The minimum atomic E-state index is -0.248. The first kappa shape index (κ1) is 23.9. The van der Waals surface area contributed by atoms with Gasteiger partial charge in [0.15, 0.2) is 0 Å². The van der Waals surface area contributed by atoms with E-state index >= 15 is 0 Å². The molecule has 3 aromatic rings. The zero-order valence-corrected chi connectivity index (χ0v) is 19.8. The van der Waals surface area contributed by atoms with E-state index in [1.54, 1.807) is 24.6 Å². The Balaban J connectivity index is 1.73. The highest BCUT2D eigenvalue weighted by Crippen LogP contribution is 2.19. The van der Waals surface area contributed by atoms with Crippen molar-refractivity contribution in [3.8, 4) is 5.75 Å². The molecule has 0 saturated carbocycles. The average molecular weight is 456 g/mol. The molecule has 1 N–H and O–H groups in total. The van der Waals surface area contributed by atoms with Crippen LogP contribution >= 0.6 is 11.3 Å². The van der Waals surface area contributed by atoms with Crippen molar-refractivity contribution >= 4 is 17.2 Å². The number of methoxy groups -OCH3 is 1. The second kappa shape index (κ2) is 11.2. The first-order chi connectivity index (χ1) is 15.3. The Morgan fingerprint density at radius 1 is 1.03 bits per heavy atom. The van der Waals surface area contributed by atoms with Crippen LogP contribution in [0, 0.1) is 11.7 Å². The van der Waals surface area contributed by atoms with Crippen molar-refractivity contribution in [3.05, 3.63) is 81.6 Å².